The lowest BCUT2D eigenvalue weighted by molar-refractivity contribution is -0.131. The molecule has 0 aliphatic rings. The van der Waals surface area contributed by atoms with Gasteiger partial charge in [-0.2, -0.15) is 0 Å². The quantitative estimate of drug-likeness (QED) is 0.0258. The van der Waals surface area contributed by atoms with Crippen molar-refractivity contribution in [3.63, 3.8) is 0 Å². The molecule has 7 aromatic rings. The first-order valence-electron chi connectivity index (χ1n) is 22.3. The molecular weight excluding hydrogens is 1070 g/mol. The van der Waals surface area contributed by atoms with Crippen LogP contribution >= 0.6 is 0 Å². The topological polar surface area (TPSA) is 462 Å². The molecule has 0 spiro atoms. The number of para-hydroxylation sites is 1. The summed E-state index contributed by atoms with van der Waals surface area (Å²) in [6.07, 6.45) is 3.15. The molecule has 7 rings (SSSR count). The van der Waals surface area contributed by atoms with Crippen LogP contribution in [0.2, 0.25) is 0 Å². The van der Waals surface area contributed by atoms with E-state index in [1.54, 1.807) is 72.8 Å². The minimum atomic E-state index is -1.27. The molecule has 16 N–H and O–H groups in total. The number of aromatic hydroxyl groups is 8. The van der Waals surface area contributed by atoms with Gasteiger partial charge in [0.15, 0.2) is 34.5 Å². The summed E-state index contributed by atoms with van der Waals surface area (Å²) in [5.74, 6) is -7.92. The van der Waals surface area contributed by atoms with Gasteiger partial charge in [-0.15, -0.1) is 0 Å². The minimum absolute atomic E-state index is 0.0278. The number of phenolic OH excluding ortho intramolecular Hbond substituents is 5. The van der Waals surface area contributed by atoms with Gasteiger partial charge in [-0.05, 0) is 116 Å². The lowest BCUT2D eigenvalue weighted by Crippen LogP contribution is -1.95. The molecule has 0 saturated heterocycles. The normalized spacial score (nSPS) is 9.16. The first-order chi connectivity index (χ1) is 38.4. The Balaban J connectivity index is 0. The maximum Gasteiger partial charge on any atom is 0.339 e. The summed E-state index contributed by atoms with van der Waals surface area (Å²) in [6, 6.07) is 36.0. The largest absolute Gasteiger partial charge is 0.508 e. The number of phenols is 8. The molecule has 0 atom stereocenters. The molecular formula is C56H58O25. The van der Waals surface area contributed by atoms with E-state index in [1.807, 2.05) is 6.92 Å². The van der Waals surface area contributed by atoms with Crippen molar-refractivity contribution in [2.45, 2.75) is 6.92 Å². The molecule has 0 fully saturated rings. The highest BCUT2D eigenvalue weighted by Crippen LogP contribution is 2.29. The van der Waals surface area contributed by atoms with Crippen LogP contribution in [0.4, 0.5) is 0 Å². The number of benzene rings is 7. The Morgan fingerprint density at radius 1 is 0.420 bits per heavy atom. The molecule has 0 aliphatic carbocycles. The summed E-state index contributed by atoms with van der Waals surface area (Å²) >= 11 is 0. The molecule has 7 aromatic carbocycles. The Labute approximate surface area is 460 Å². The van der Waals surface area contributed by atoms with E-state index in [0.717, 1.165) is 44.6 Å². The first-order valence-corrected chi connectivity index (χ1v) is 22.3. The fraction of sp³-hybridized carbons (Fsp3) is 0.0893. The second kappa shape index (κ2) is 40.0. The number of carboxylic acids is 6. The lowest BCUT2D eigenvalue weighted by atomic mass is 10.2. The summed E-state index contributed by atoms with van der Waals surface area (Å²) in [4.78, 5) is 71.9. The van der Waals surface area contributed by atoms with Crippen LogP contribution in [-0.4, -0.2) is 152 Å². The summed E-state index contributed by atoms with van der Waals surface area (Å²) < 4.78 is 9.93. The molecule has 81 heavy (non-hydrogen) atoms. The van der Waals surface area contributed by atoms with Crippen LogP contribution in [0.5, 0.6) is 57.5 Å². The van der Waals surface area contributed by atoms with Gasteiger partial charge in [0.25, 0.3) is 0 Å². The third kappa shape index (κ3) is 29.0. The van der Waals surface area contributed by atoms with Crippen LogP contribution in [0.25, 0.3) is 6.08 Å². The molecule has 0 radical (unpaired) electrons. The van der Waals surface area contributed by atoms with Crippen molar-refractivity contribution in [3.8, 4) is 57.5 Å². The summed E-state index contributed by atoms with van der Waals surface area (Å²) in [6.45, 7) is 2.28. The number of carboxylic acid groups (broad SMARTS) is 6. The van der Waals surface area contributed by atoms with Gasteiger partial charge in [0.05, 0.1) is 24.8 Å². The molecule has 25 heteroatoms. The van der Waals surface area contributed by atoms with E-state index in [0.29, 0.717) is 46.6 Å². The van der Waals surface area contributed by atoms with Crippen molar-refractivity contribution < 1.29 is 125 Å². The van der Waals surface area contributed by atoms with Crippen molar-refractivity contribution in [3.05, 3.63) is 197 Å². The number of rotatable bonds is 11. The maximum atomic E-state index is 10.3. The van der Waals surface area contributed by atoms with E-state index in [4.69, 9.17) is 81.0 Å². The zero-order valence-electron chi connectivity index (χ0n) is 43.2. The van der Waals surface area contributed by atoms with E-state index in [1.165, 1.54) is 67.8 Å². The number of aliphatic carboxylic acids is 1. The number of hydrogen-bond acceptors (Lipinski definition) is 19. The van der Waals surface area contributed by atoms with Gasteiger partial charge in [0, 0.05) is 31.9 Å². The van der Waals surface area contributed by atoms with E-state index < -0.39 is 53.1 Å². The fourth-order valence-electron chi connectivity index (χ4n) is 5.10. The summed E-state index contributed by atoms with van der Waals surface area (Å²) in [5, 5.41) is 136. The molecule has 25 nitrogen and oxygen atoms in total. The highest BCUT2D eigenvalue weighted by molar-refractivity contribution is 5.92. The second-order valence-corrected chi connectivity index (χ2v) is 14.2. The van der Waals surface area contributed by atoms with Gasteiger partial charge in [-0.3, -0.25) is 4.79 Å². The third-order valence-electron chi connectivity index (χ3n) is 8.75. The van der Waals surface area contributed by atoms with Gasteiger partial charge in [-0.25, -0.2) is 28.8 Å². The molecule has 0 aliphatic heterocycles. The average Bonchev–Trinajstić information content (AvgIpc) is 3.46. The lowest BCUT2D eigenvalue weighted by Gasteiger charge is -2.04. The molecule has 0 bridgehead atoms. The van der Waals surface area contributed by atoms with E-state index in [2.05, 4.69) is 0 Å². The van der Waals surface area contributed by atoms with Crippen LogP contribution in [0, 0.1) is 0 Å². The molecule has 0 unspecified atom stereocenters. The number of methoxy groups -OCH3 is 1. The molecule has 432 valence electrons. The van der Waals surface area contributed by atoms with Crippen LogP contribution < -0.4 is 9.47 Å². The SMILES string of the molecule is CCOc1cc(C=O)ccc1O.CO.CO.COc1cc(C=CC(=O)O)ccc1O.O=C(O)c1cc(O)ccc1O.O=C(O)c1ccc(O)cc1O.O=C(O)c1cccc(O)c1O.O=C(O)c1ccccc1.O=C(O)c1ccccc1. The first kappa shape index (κ1) is 71.8. The number of aliphatic hydroxyl groups excluding tert-OH is 2. The Bertz CT molecular complexity index is 3040. The number of hydrogen-bond donors (Lipinski definition) is 16. The van der Waals surface area contributed by atoms with Gasteiger partial charge in [0.1, 0.15) is 46.0 Å². The van der Waals surface area contributed by atoms with Crippen molar-refractivity contribution in [2.75, 3.05) is 27.9 Å². The second-order valence-electron chi connectivity index (χ2n) is 14.2. The predicted molar refractivity (Wildman–Crippen MR) is 289 cm³/mol. The van der Waals surface area contributed by atoms with Crippen molar-refractivity contribution in [2.24, 2.45) is 0 Å². The summed E-state index contributed by atoms with van der Waals surface area (Å²) in [7, 11) is 3.43. The van der Waals surface area contributed by atoms with Gasteiger partial charge in [0.2, 0.25) is 0 Å². The molecule has 0 heterocycles. The van der Waals surface area contributed by atoms with Crippen LogP contribution in [0.1, 0.15) is 74.6 Å². The van der Waals surface area contributed by atoms with Crippen LogP contribution in [0.3, 0.4) is 0 Å². The number of aldehydes is 1. The number of carbonyl (C=O) groups excluding carboxylic acids is 1. The van der Waals surface area contributed by atoms with Crippen molar-refractivity contribution >= 4 is 48.2 Å². The monoisotopic (exact) mass is 1130 g/mol. The smallest absolute Gasteiger partial charge is 0.339 e. The molecule has 0 aromatic heterocycles. The molecule has 0 amide bonds. The van der Waals surface area contributed by atoms with Gasteiger partial charge >= 0.3 is 35.8 Å². The van der Waals surface area contributed by atoms with Gasteiger partial charge in [-0.1, -0.05) is 48.5 Å². The van der Waals surface area contributed by atoms with Gasteiger partial charge < -0.3 is 91.2 Å². The third-order valence-corrected chi connectivity index (χ3v) is 8.75. The minimum Gasteiger partial charge on any atom is -0.508 e. The standard InChI is InChI=1S/C10H10O4.C9H10O3.3C7H6O4.2C7H6O2.2CH4O/c1-14-9-6-7(2-4-8(9)11)3-5-10(12)13;1-2-12-9-5-7(6-10)3-4-8(9)11;8-4-1-2-6(9)5(3-4)7(10)11;8-4-1-2-5(7(10)11)6(9)3-4;8-5-3-1-2-4(6(5)9)7(10)11;2*8-7(9)6-4-2-1-3-5-6;2*1-2/h2-6,11H,1H3,(H,12,13);3-6,11H,2H2,1H3;3*1-3,8-9H,(H,10,11);2*1-5H,(H,8,9);2*2H,1H3. The zero-order chi connectivity index (χ0) is 62.2. The van der Waals surface area contributed by atoms with Crippen LogP contribution in [0.15, 0.2) is 158 Å². The Morgan fingerprint density at radius 2 is 0.864 bits per heavy atom. The Hall–Kier alpha value is -11.3. The van der Waals surface area contributed by atoms with E-state index >= 15 is 0 Å². The van der Waals surface area contributed by atoms with Crippen LogP contribution in [-0.2, 0) is 4.79 Å². The van der Waals surface area contributed by atoms with Crippen molar-refractivity contribution in [1.29, 1.82) is 0 Å². The van der Waals surface area contributed by atoms with E-state index in [-0.39, 0.29) is 45.4 Å². The van der Waals surface area contributed by atoms with E-state index in [9.17, 15) is 43.8 Å². The number of ether oxygens (including phenoxy) is 2. The fourth-order valence-corrected chi connectivity index (χ4v) is 5.10. The highest BCUT2D eigenvalue weighted by atomic mass is 16.5. The number of aromatic carboxylic acids is 5. The van der Waals surface area contributed by atoms with Crippen molar-refractivity contribution in [1.82, 2.24) is 0 Å². The predicted octanol–water partition coefficient (Wildman–Crippen LogP) is 7.48. The number of carbonyl (C=O) groups is 7. The molecule has 0 saturated carbocycles. The highest BCUT2D eigenvalue weighted by Gasteiger charge is 2.12. The maximum absolute atomic E-state index is 10.3. The average molecular weight is 1130 g/mol. The Kier molecular flexibility index (Phi) is 35.5. The number of aliphatic hydroxyl groups is 2. The Morgan fingerprint density at radius 3 is 1.26 bits per heavy atom. The zero-order valence-corrected chi connectivity index (χ0v) is 43.2. The summed E-state index contributed by atoms with van der Waals surface area (Å²) in [5.41, 5.74) is 0.992.